The lowest BCUT2D eigenvalue weighted by molar-refractivity contribution is -0.175. The number of pyridine rings is 2. The largest absolute Gasteiger partial charge is 0.510 e. The first-order valence-corrected chi connectivity index (χ1v) is 29.3. The Kier molecular flexibility index (Phi) is 20.2. The van der Waals surface area contributed by atoms with Gasteiger partial charge in [0, 0.05) is 91.2 Å². The van der Waals surface area contributed by atoms with E-state index in [2.05, 4.69) is 15.6 Å². The Morgan fingerprint density at radius 1 is 0.882 bits per heavy atom. The van der Waals surface area contributed by atoms with E-state index >= 15 is 0 Å². The molecule has 0 bridgehead atoms. The Morgan fingerprint density at radius 3 is 2.39 bits per heavy atom. The number of carbonyl (C=O) groups is 8. The first-order chi connectivity index (χ1) is 41.1. The van der Waals surface area contributed by atoms with Crippen molar-refractivity contribution < 1.29 is 67.1 Å². The van der Waals surface area contributed by atoms with Crippen LogP contribution < -0.4 is 16.6 Å². The highest BCUT2D eigenvalue weighted by atomic mass is 16.7. The number of aromatic hydroxyl groups is 1. The average Bonchev–Trinajstić information content (AvgIpc) is 1.74. The zero-order chi connectivity index (χ0) is 60.2. The molecular formula is C62H72N8O15. The number of amides is 3. The van der Waals surface area contributed by atoms with Gasteiger partial charge in [0.05, 0.1) is 47.9 Å². The molecule has 0 saturated heterocycles. The van der Waals surface area contributed by atoms with Crippen molar-refractivity contribution in [3.63, 3.8) is 0 Å². The predicted octanol–water partition coefficient (Wildman–Crippen LogP) is 6.26. The summed E-state index contributed by atoms with van der Waals surface area (Å²) in [6.45, 7) is 4.56. The van der Waals surface area contributed by atoms with Crippen LogP contribution in [0.25, 0.3) is 22.3 Å². The number of phenolic OH excluding ortho intramolecular Hbond substituents is 1. The summed E-state index contributed by atoms with van der Waals surface area (Å²) >= 11 is 0. The van der Waals surface area contributed by atoms with Crippen molar-refractivity contribution in [2.75, 3.05) is 44.8 Å². The number of nitrogens with one attached hydrogen (secondary N) is 1. The number of hydrogen-bond donors (Lipinski definition) is 3. The van der Waals surface area contributed by atoms with E-state index < -0.39 is 35.1 Å². The Labute approximate surface area is 490 Å². The van der Waals surface area contributed by atoms with Crippen molar-refractivity contribution in [2.24, 2.45) is 23.5 Å². The number of esters is 1. The molecule has 4 aliphatic rings. The Hall–Kier alpha value is -8.28. The minimum Gasteiger partial charge on any atom is -0.508 e. The summed E-state index contributed by atoms with van der Waals surface area (Å²) in [4.78, 5) is 123. The molecule has 3 amide bonds. The summed E-state index contributed by atoms with van der Waals surface area (Å²) in [6, 6.07) is 13.1. The van der Waals surface area contributed by atoms with Crippen molar-refractivity contribution >= 4 is 63.8 Å². The van der Waals surface area contributed by atoms with E-state index in [-0.39, 0.29) is 110 Å². The number of ether oxygens (including phenoxy) is 5. The maximum absolute atomic E-state index is 14.1. The fourth-order valence-corrected chi connectivity index (χ4v) is 11.7. The molecule has 450 valence electrons. The van der Waals surface area contributed by atoms with Gasteiger partial charge in [-0.15, -0.1) is 5.10 Å². The summed E-state index contributed by atoms with van der Waals surface area (Å²) in [5.74, 6) is -2.58. The monoisotopic (exact) mass is 1170 g/mol. The molecule has 0 radical (unpaired) electrons. The number of aromatic nitrogens is 5. The second-order valence-electron chi connectivity index (χ2n) is 22.1. The van der Waals surface area contributed by atoms with Crippen molar-refractivity contribution in [2.45, 2.75) is 136 Å². The highest BCUT2D eigenvalue weighted by Crippen LogP contribution is 2.43. The first kappa shape index (κ1) is 61.3. The SMILES string of the molecule is CCc1c2c(nc3ccc(O)cc13)-c1cc3c(c(=O)n1C2)COC(=O)C3(CC)OC(=O)OCc1ccc(NC(=O)C(CCCCN)CC(=O)COCC(=O)CCCOCCn2cc(CCC(=O)C3CCC(CN4C(=O)C=CC4=O)CC3)nn2)cc1. The van der Waals surface area contributed by atoms with E-state index in [9.17, 15) is 48.3 Å². The topological polar surface area (TPSA) is 310 Å². The van der Waals surface area contributed by atoms with Gasteiger partial charge < -0.3 is 44.4 Å². The molecule has 2 atom stereocenters. The van der Waals surface area contributed by atoms with Crippen LogP contribution in [0.4, 0.5) is 10.5 Å². The molecule has 85 heavy (non-hydrogen) atoms. The second kappa shape index (κ2) is 28.1. The van der Waals surface area contributed by atoms with Crippen LogP contribution in [0.2, 0.25) is 0 Å². The molecule has 2 unspecified atom stereocenters. The number of benzene rings is 2. The van der Waals surface area contributed by atoms with Gasteiger partial charge in [-0.1, -0.05) is 37.6 Å². The zero-order valence-electron chi connectivity index (χ0n) is 48.0. The number of cyclic esters (lactones) is 1. The normalized spacial score (nSPS) is 18.2. The maximum atomic E-state index is 14.1. The Balaban J connectivity index is 0.669. The number of fused-ring (bicyclic) bond motifs is 5. The fraction of sp³-hybridized carbons (Fsp3) is 0.484. The number of hydrogen-bond acceptors (Lipinski definition) is 19. The maximum Gasteiger partial charge on any atom is 0.510 e. The van der Waals surface area contributed by atoms with E-state index in [0.29, 0.717) is 112 Å². The van der Waals surface area contributed by atoms with E-state index in [4.69, 9.17) is 34.4 Å². The van der Waals surface area contributed by atoms with Crippen LogP contribution in [0, 0.1) is 17.8 Å². The lowest BCUT2D eigenvalue weighted by Crippen LogP contribution is -2.47. The van der Waals surface area contributed by atoms with Crippen LogP contribution in [0.5, 0.6) is 5.75 Å². The zero-order valence-corrected chi connectivity index (χ0v) is 48.0. The molecule has 2 aromatic carbocycles. The lowest BCUT2D eigenvalue weighted by atomic mass is 9.79. The molecule has 3 aliphatic heterocycles. The second-order valence-corrected chi connectivity index (χ2v) is 22.1. The number of rotatable bonds is 30. The van der Waals surface area contributed by atoms with Gasteiger partial charge in [0.25, 0.3) is 17.4 Å². The number of anilines is 1. The number of Topliss-reactive ketones (excluding diaryl/α,β-unsaturated/α-hetero) is 3. The van der Waals surface area contributed by atoms with E-state index in [1.54, 1.807) is 70.9 Å². The van der Waals surface area contributed by atoms with Crippen LogP contribution in [0.15, 0.2) is 71.7 Å². The van der Waals surface area contributed by atoms with Crippen LogP contribution >= 0.6 is 0 Å². The predicted molar refractivity (Wildman–Crippen MR) is 306 cm³/mol. The summed E-state index contributed by atoms with van der Waals surface area (Å²) in [6.07, 6.45) is 9.80. The molecule has 23 nitrogen and oxygen atoms in total. The average molecular weight is 1170 g/mol. The summed E-state index contributed by atoms with van der Waals surface area (Å²) in [5, 5.41) is 22.2. The first-order valence-electron chi connectivity index (χ1n) is 29.3. The number of carbonyl (C=O) groups excluding carboxylic acids is 8. The highest BCUT2D eigenvalue weighted by molar-refractivity contribution is 6.12. The lowest BCUT2D eigenvalue weighted by Gasteiger charge is -2.35. The number of nitrogens with zero attached hydrogens (tertiary/aromatic N) is 6. The van der Waals surface area contributed by atoms with Gasteiger partial charge in [-0.05, 0) is 118 Å². The van der Waals surface area contributed by atoms with Crippen LogP contribution in [0.1, 0.15) is 124 Å². The van der Waals surface area contributed by atoms with Crippen molar-refractivity contribution in [1.82, 2.24) is 29.4 Å². The fourth-order valence-electron chi connectivity index (χ4n) is 11.7. The third-order valence-corrected chi connectivity index (χ3v) is 16.4. The van der Waals surface area contributed by atoms with E-state index in [0.717, 1.165) is 42.2 Å². The molecule has 0 spiro atoms. The molecule has 4 N–H and O–H groups in total. The van der Waals surface area contributed by atoms with Crippen LogP contribution in [-0.2, 0) is 102 Å². The number of aryl methyl sites for hydroxylation is 2. The van der Waals surface area contributed by atoms with Gasteiger partial charge in [0.2, 0.25) is 11.5 Å². The van der Waals surface area contributed by atoms with Gasteiger partial charge in [-0.2, -0.15) is 0 Å². The van der Waals surface area contributed by atoms with Gasteiger partial charge in [-0.3, -0.25) is 38.5 Å². The van der Waals surface area contributed by atoms with Gasteiger partial charge >= 0.3 is 12.1 Å². The molecule has 9 rings (SSSR count). The molecule has 3 aromatic heterocycles. The molecular weight excluding hydrogens is 1100 g/mol. The molecule has 23 heteroatoms. The minimum absolute atomic E-state index is 0.0361. The van der Waals surface area contributed by atoms with E-state index in [1.165, 1.54) is 17.1 Å². The summed E-state index contributed by atoms with van der Waals surface area (Å²) in [7, 11) is 0. The Bertz CT molecular complexity index is 3420. The summed E-state index contributed by atoms with van der Waals surface area (Å²) in [5.41, 5.74) is 8.73. The van der Waals surface area contributed by atoms with Crippen molar-refractivity contribution in [3.8, 4) is 17.1 Å². The number of phenols is 1. The Morgan fingerprint density at radius 2 is 1.65 bits per heavy atom. The quantitative estimate of drug-likeness (QED) is 0.0255. The number of ketones is 3. The number of unbranched alkanes of at least 4 members (excludes halogenated alkanes) is 1. The van der Waals surface area contributed by atoms with Gasteiger partial charge in [0.1, 0.15) is 38.0 Å². The van der Waals surface area contributed by atoms with E-state index in [1.807, 2.05) is 6.92 Å². The summed E-state index contributed by atoms with van der Waals surface area (Å²) < 4.78 is 31.2. The minimum atomic E-state index is -2.00. The molecule has 6 heterocycles. The van der Waals surface area contributed by atoms with Gasteiger partial charge in [-0.25, -0.2) is 19.3 Å². The van der Waals surface area contributed by atoms with Crippen molar-refractivity contribution in [1.29, 1.82) is 0 Å². The highest BCUT2D eigenvalue weighted by Gasteiger charge is 2.51. The molecule has 1 saturated carbocycles. The van der Waals surface area contributed by atoms with Crippen LogP contribution in [0.3, 0.4) is 0 Å². The smallest absolute Gasteiger partial charge is 0.508 e. The van der Waals surface area contributed by atoms with Crippen molar-refractivity contribution in [3.05, 3.63) is 111 Å². The van der Waals surface area contributed by atoms with Crippen LogP contribution in [-0.4, -0.2) is 121 Å². The molecule has 1 fully saturated rings. The molecule has 1 aliphatic carbocycles. The number of nitrogens with two attached hydrogens (primary N) is 1. The third-order valence-electron chi connectivity index (χ3n) is 16.4. The molecule has 5 aromatic rings. The number of imide groups is 1. The van der Waals surface area contributed by atoms with Gasteiger partial charge in [0.15, 0.2) is 11.6 Å². The third kappa shape index (κ3) is 14.6. The standard InChI is InChI=1S/C62H72N8O15/c1-3-47-48-29-44(71)19-20-52(48)65-57-49(47)33-69-53(57)30-51-50(59(69)78)37-83-60(79)62(51,4-2)85-61(80)84-34-39-12-16-42(17-13-39)64-58(77)41(8-5-6-24-63)28-46(73)36-82-35-45(72)9-7-26-81-27-25-68-32-43(66-67-68)18-21-54(74)40-14-10-38(11-15-40)31-70-55(75)22-23-56(70)76/h12-13,16-17,19-20,22-23,29-30,32,38,40-41,71H,3-11,14-15,18,21,24-28,31,33-37,63H2,1-2H3,(H,64,77).